The fraction of sp³-hybridized carbons (Fsp3) is 0.562. The number of nitrogens with zero attached hydrogens (tertiary/aromatic N) is 1. The molecule has 3 rings (SSSR count). The number of hydrogen-bond acceptors (Lipinski definition) is 4. The van der Waals surface area contributed by atoms with Crippen molar-refractivity contribution < 1.29 is 22.0 Å². The normalized spacial score (nSPS) is 20.2. The maximum Gasteiger partial charge on any atom is 0.243 e. The van der Waals surface area contributed by atoms with E-state index < -0.39 is 21.7 Å². The maximum absolute atomic E-state index is 13.3. The van der Waals surface area contributed by atoms with Crippen molar-refractivity contribution in [1.29, 1.82) is 0 Å². The third-order valence-electron chi connectivity index (χ3n) is 4.78. The molecule has 2 aliphatic rings. The molecule has 2 saturated heterocycles. The third-order valence-corrected chi connectivity index (χ3v) is 6.68. The first-order valence-electron chi connectivity index (χ1n) is 8.31. The highest BCUT2D eigenvalue weighted by Crippen LogP contribution is 2.25. The first-order chi connectivity index (χ1) is 11.9. The summed E-state index contributed by atoms with van der Waals surface area (Å²) in [5.74, 6) is -2.07. The predicted octanol–water partition coefficient (Wildman–Crippen LogP) is 0.701. The van der Waals surface area contributed by atoms with Crippen molar-refractivity contribution in [2.24, 2.45) is 11.8 Å². The molecular weight excluding hydrogens is 352 g/mol. The van der Waals surface area contributed by atoms with Gasteiger partial charge in [0.25, 0.3) is 0 Å². The van der Waals surface area contributed by atoms with E-state index in [4.69, 9.17) is 0 Å². The summed E-state index contributed by atoms with van der Waals surface area (Å²) >= 11 is 0. The Bertz CT molecular complexity index is 745. The van der Waals surface area contributed by atoms with Crippen molar-refractivity contribution in [3.8, 4) is 0 Å². The molecule has 2 N–H and O–H groups in total. The summed E-state index contributed by atoms with van der Waals surface area (Å²) in [5.41, 5.74) is 0. The zero-order chi connectivity index (χ0) is 18.0. The highest BCUT2D eigenvalue weighted by Gasteiger charge is 2.32. The summed E-state index contributed by atoms with van der Waals surface area (Å²) in [6.07, 6.45) is 0.829. The van der Waals surface area contributed by atoms with Crippen LogP contribution in [0.15, 0.2) is 23.1 Å². The Morgan fingerprint density at radius 3 is 2.44 bits per heavy atom. The summed E-state index contributed by atoms with van der Waals surface area (Å²) in [7, 11) is -3.88. The van der Waals surface area contributed by atoms with E-state index in [0.29, 0.717) is 31.4 Å². The molecule has 1 aromatic carbocycles. The van der Waals surface area contributed by atoms with Crippen molar-refractivity contribution in [2.75, 3.05) is 32.7 Å². The van der Waals surface area contributed by atoms with Gasteiger partial charge in [0.15, 0.2) is 11.6 Å². The van der Waals surface area contributed by atoms with E-state index in [1.54, 1.807) is 0 Å². The maximum atomic E-state index is 13.3. The number of piperidine rings is 1. The van der Waals surface area contributed by atoms with E-state index in [0.717, 1.165) is 25.2 Å². The van der Waals surface area contributed by atoms with E-state index in [-0.39, 0.29) is 29.8 Å². The summed E-state index contributed by atoms with van der Waals surface area (Å²) in [4.78, 5) is 11.9. The zero-order valence-corrected chi connectivity index (χ0v) is 14.5. The van der Waals surface area contributed by atoms with Crippen molar-refractivity contribution >= 4 is 15.9 Å². The molecule has 25 heavy (non-hydrogen) atoms. The van der Waals surface area contributed by atoms with Crippen LogP contribution in [0.5, 0.6) is 0 Å². The van der Waals surface area contributed by atoms with Gasteiger partial charge in [-0.25, -0.2) is 17.2 Å². The number of amides is 1. The number of halogens is 2. The standard InChI is InChI=1S/C16H21F2N3O3S/c17-14-2-1-13(7-15(14)18)25(23,24)21-5-3-12(4-6-21)16(22)20-10-11-8-19-9-11/h1-2,7,11-12,19H,3-6,8-10H2,(H,20,22). The van der Waals surface area contributed by atoms with Crippen LogP contribution in [0.3, 0.4) is 0 Å². The molecule has 0 atom stereocenters. The van der Waals surface area contributed by atoms with Crippen LogP contribution in [0.2, 0.25) is 0 Å². The van der Waals surface area contributed by atoms with Gasteiger partial charge in [0.2, 0.25) is 15.9 Å². The van der Waals surface area contributed by atoms with Crippen LogP contribution >= 0.6 is 0 Å². The smallest absolute Gasteiger partial charge is 0.243 e. The topological polar surface area (TPSA) is 78.5 Å². The summed E-state index contributed by atoms with van der Waals surface area (Å²) in [6.45, 7) is 2.82. The lowest BCUT2D eigenvalue weighted by atomic mass is 9.96. The predicted molar refractivity (Wildman–Crippen MR) is 87.2 cm³/mol. The fourth-order valence-electron chi connectivity index (χ4n) is 3.03. The lowest BCUT2D eigenvalue weighted by Gasteiger charge is -2.32. The number of hydrogen-bond donors (Lipinski definition) is 2. The van der Waals surface area contributed by atoms with Gasteiger partial charge in [0.05, 0.1) is 4.90 Å². The van der Waals surface area contributed by atoms with Crippen LogP contribution in [-0.4, -0.2) is 51.4 Å². The van der Waals surface area contributed by atoms with Gasteiger partial charge in [-0.3, -0.25) is 4.79 Å². The molecule has 1 amide bonds. The number of carbonyl (C=O) groups is 1. The number of carbonyl (C=O) groups excluding carboxylic acids is 1. The Morgan fingerprint density at radius 2 is 1.88 bits per heavy atom. The van der Waals surface area contributed by atoms with Crippen molar-refractivity contribution in [3.63, 3.8) is 0 Å². The molecule has 138 valence electrons. The summed E-state index contributed by atoms with van der Waals surface area (Å²) in [5, 5.41) is 6.05. The molecule has 2 aliphatic heterocycles. The quantitative estimate of drug-likeness (QED) is 0.797. The molecule has 0 aliphatic carbocycles. The van der Waals surface area contributed by atoms with Crippen LogP contribution < -0.4 is 10.6 Å². The van der Waals surface area contributed by atoms with Gasteiger partial charge < -0.3 is 10.6 Å². The SMILES string of the molecule is O=C(NCC1CNC1)C1CCN(S(=O)(=O)c2ccc(F)c(F)c2)CC1. The summed E-state index contributed by atoms with van der Waals surface area (Å²) < 4.78 is 52.6. The average Bonchev–Trinajstić information content (AvgIpc) is 2.55. The van der Waals surface area contributed by atoms with E-state index in [1.807, 2.05) is 0 Å². The van der Waals surface area contributed by atoms with Crippen molar-refractivity contribution in [2.45, 2.75) is 17.7 Å². The monoisotopic (exact) mass is 373 g/mol. The zero-order valence-electron chi connectivity index (χ0n) is 13.7. The Morgan fingerprint density at radius 1 is 1.20 bits per heavy atom. The highest BCUT2D eigenvalue weighted by atomic mass is 32.2. The Hall–Kier alpha value is -1.58. The minimum absolute atomic E-state index is 0.0447. The molecule has 6 nitrogen and oxygen atoms in total. The Labute approximate surface area is 145 Å². The molecule has 9 heteroatoms. The average molecular weight is 373 g/mol. The van der Waals surface area contributed by atoms with Crippen LogP contribution in [0.25, 0.3) is 0 Å². The van der Waals surface area contributed by atoms with Crippen LogP contribution in [0.1, 0.15) is 12.8 Å². The third kappa shape index (κ3) is 3.99. The van der Waals surface area contributed by atoms with Gasteiger partial charge >= 0.3 is 0 Å². The first kappa shape index (κ1) is 18.2. The van der Waals surface area contributed by atoms with E-state index in [2.05, 4.69) is 10.6 Å². The molecule has 0 radical (unpaired) electrons. The van der Waals surface area contributed by atoms with Crippen molar-refractivity contribution in [3.05, 3.63) is 29.8 Å². The highest BCUT2D eigenvalue weighted by molar-refractivity contribution is 7.89. The Kier molecular flexibility index (Phi) is 5.35. The van der Waals surface area contributed by atoms with Gasteiger partial charge in [0, 0.05) is 44.6 Å². The van der Waals surface area contributed by atoms with E-state index >= 15 is 0 Å². The van der Waals surface area contributed by atoms with Gasteiger partial charge in [0.1, 0.15) is 0 Å². The Balaban J connectivity index is 1.57. The second-order valence-electron chi connectivity index (χ2n) is 6.52. The molecule has 2 fully saturated rings. The number of nitrogens with one attached hydrogen (secondary N) is 2. The van der Waals surface area contributed by atoms with Gasteiger partial charge in [-0.1, -0.05) is 0 Å². The largest absolute Gasteiger partial charge is 0.355 e. The second-order valence-corrected chi connectivity index (χ2v) is 8.46. The molecule has 0 saturated carbocycles. The summed E-state index contributed by atoms with van der Waals surface area (Å²) in [6, 6.07) is 2.55. The molecule has 0 spiro atoms. The number of rotatable bonds is 5. The molecule has 0 bridgehead atoms. The number of benzene rings is 1. The van der Waals surface area contributed by atoms with Crippen LogP contribution in [-0.2, 0) is 14.8 Å². The number of sulfonamides is 1. The van der Waals surface area contributed by atoms with Crippen LogP contribution in [0.4, 0.5) is 8.78 Å². The fourth-order valence-corrected chi connectivity index (χ4v) is 4.51. The second kappa shape index (κ2) is 7.35. The van der Waals surface area contributed by atoms with E-state index in [1.165, 1.54) is 4.31 Å². The molecule has 0 aromatic heterocycles. The van der Waals surface area contributed by atoms with E-state index in [9.17, 15) is 22.0 Å². The lowest BCUT2D eigenvalue weighted by molar-refractivity contribution is -0.126. The lowest BCUT2D eigenvalue weighted by Crippen LogP contribution is -2.50. The molecule has 1 aromatic rings. The molecule has 0 unspecified atom stereocenters. The minimum Gasteiger partial charge on any atom is -0.355 e. The molecular formula is C16H21F2N3O3S. The van der Waals surface area contributed by atoms with Gasteiger partial charge in [-0.05, 0) is 31.0 Å². The minimum atomic E-state index is -3.88. The van der Waals surface area contributed by atoms with Gasteiger partial charge in [-0.15, -0.1) is 0 Å². The first-order valence-corrected chi connectivity index (χ1v) is 9.75. The van der Waals surface area contributed by atoms with Crippen molar-refractivity contribution in [1.82, 2.24) is 14.9 Å². The van der Waals surface area contributed by atoms with Crippen LogP contribution in [0, 0.1) is 23.5 Å². The molecule has 2 heterocycles. The van der Waals surface area contributed by atoms with Gasteiger partial charge in [-0.2, -0.15) is 4.31 Å².